The average Bonchev–Trinajstić information content (AvgIpc) is 2.13. The van der Waals surface area contributed by atoms with Gasteiger partial charge in [-0.2, -0.15) is 0 Å². The molecule has 3 atom stereocenters. The molecule has 1 rings (SSSR count). The molecule has 1 saturated carbocycles. The molecule has 0 heterocycles. The zero-order valence-electron chi connectivity index (χ0n) is 5.94. The van der Waals surface area contributed by atoms with Crippen molar-refractivity contribution in [1.29, 1.82) is 0 Å². The fraction of sp³-hybridized carbons (Fsp3) is 1.00. The second-order valence-corrected chi connectivity index (χ2v) is 2.92. The van der Waals surface area contributed by atoms with Gasteiger partial charge in [-0.25, -0.2) is 0 Å². The van der Waals surface area contributed by atoms with Gasteiger partial charge in [0, 0.05) is 4.91 Å². The molecule has 1 aliphatic rings. The Labute approximate surface area is 59.5 Å². The Morgan fingerprint density at radius 2 is 2.30 bits per heavy atom. The SMILES string of the molecule is CC1C[C@H](N=[N+]=[N-])[C@@H](O)C1. The van der Waals surface area contributed by atoms with Crippen LogP contribution in [0.1, 0.15) is 19.8 Å². The lowest BCUT2D eigenvalue weighted by Gasteiger charge is -2.04. The molecule has 0 aromatic heterocycles. The topological polar surface area (TPSA) is 69.0 Å². The zero-order valence-corrected chi connectivity index (χ0v) is 5.94. The van der Waals surface area contributed by atoms with E-state index in [1.54, 1.807) is 0 Å². The number of hydrogen-bond acceptors (Lipinski definition) is 2. The molecule has 1 N–H and O–H groups in total. The van der Waals surface area contributed by atoms with E-state index < -0.39 is 6.10 Å². The maximum atomic E-state index is 9.23. The summed E-state index contributed by atoms with van der Waals surface area (Å²) in [7, 11) is 0. The van der Waals surface area contributed by atoms with Gasteiger partial charge in [0.25, 0.3) is 0 Å². The molecule has 4 heteroatoms. The maximum absolute atomic E-state index is 9.23. The molecular weight excluding hydrogens is 130 g/mol. The van der Waals surface area contributed by atoms with Gasteiger partial charge in [0.1, 0.15) is 0 Å². The Balaban J connectivity index is 2.54. The van der Waals surface area contributed by atoms with E-state index in [-0.39, 0.29) is 6.04 Å². The van der Waals surface area contributed by atoms with Crippen molar-refractivity contribution in [3.8, 4) is 0 Å². The maximum Gasteiger partial charge on any atom is 0.0636 e. The minimum Gasteiger partial charge on any atom is -0.393 e. The second kappa shape index (κ2) is 2.90. The van der Waals surface area contributed by atoms with E-state index in [4.69, 9.17) is 5.53 Å². The average molecular weight is 141 g/mol. The van der Waals surface area contributed by atoms with Gasteiger partial charge in [-0.1, -0.05) is 12.0 Å². The van der Waals surface area contributed by atoms with E-state index in [1.807, 2.05) is 0 Å². The summed E-state index contributed by atoms with van der Waals surface area (Å²) < 4.78 is 0. The number of nitrogens with zero attached hydrogens (tertiary/aromatic N) is 3. The highest BCUT2D eigenvalue weighted by molar-refractivity contribution is 4.86. The first-order valence-corrected chi connectivity index (χ1v) is 3.46. The first-order valence-electron chi connectivity index (χ1n) is 3.46. The van der Waals surface area contributed by atoms with E-state index in [0.717, 1.165) is 12.8 Å². The molecule has 0 bridgehead atoms. The Morgan fingerprint density at radius 3 is 2.70 bits per heavy atom. The lowest BCUT2D eigenvalue weighted by atomic mass is 10.1. The molecule has 0 spiro atoms. The fourth-order valence-corrected chi connectivity index (χ4v) is 1.43. The molecule has 4 nitrogen and oxygen atoms in total. The van der Waals surface area contributed by atoms with Crippen molar-refractivity contribution >= 4 is 0 Å². The van der Waals surface area contributed by atoms with Gasteiger partial charge in [0.15, 0.2) is 0 Å². The van der Waals surface area contributed by atoms with E-state index >= 15 is 0 Å². The summed E-state index contributed by atoms with van der Waals surface area (Å²) in [5.41, 5.74) is 8.08. The summed E-state index contributed by atoms with van der Waals surface area (Å²) in [5, 5.41) is 12.7. The molecule has 56 valence electrons. The van der Waals surface area contributed by atoms with Crippen molar-refractivity contribution in [2.45, 2.75) is 31.9 Å². The highest BCUT2D eigenvalue weighted by Crippen LogP contribution is 2.27. The predicted molar refractivity (Wildman–Crippen MR) is 37.3 cm³/mol. The number of aliphatic hydroxyl groups excluding tert-OH is 1. The van der Waals surface area contributed by atoms with Gasteiger partial charge >= 0.3 is 0 Å². The van der Waals surface area contributed by atoms with Gasteiger partial charge in [-0.05, 0) is 24.3 Å². The summed E-state index contributed by atoms with van der Waals surface area (Å²) in [6, 6.07) is -0.181. The van der Waals surface area contributed by atoms with Crippen molar-refractivity contribution in [2.24, 2.45) is 11.0 Å². The lowest BCUT2D eigenvalue weighted by molar-refractivity contribution is 0.162. The normalized spacial score (nSPS) is 39.2. The number of aliphatic hydroxyl groups is 1. The van der Waals surface area contributed by atoms with E-state index in [1.165, 1.54) is 0 Å². The summed E-state index contributed by atoms with van der Waals surface area (Å²) in [6.45, 7) is 2.05. The monoisotopic (exact) mass is 141 g/mol. The molecule has 1 fully saturated rings. The Hall–Kier alpha value is -0.730. The van der Waals surface area contributed by atoms with Gasteiger partial charge in [-0.15, -0.1) is 0 Å². The fourth-order valence-electron chi connectivity index (χ4n) is 1.43. The first kappa shape index (κ1) is 7.38. The highest BCUT2D eigenvalue weighted by Gasteiger charge is 2.29. The minimum atomic E-state index is -0.411. The molecule has 1 unspecified atom stereocenters. The van der Waals surface area contributed by atoms with Gasteiger partial charge in [-0.3, -0.25) is 0 Å². The first-order chi connectivity index (χ1) is 4.74. The van der Waals surface area contributed by atoms with Crippen molar-refractivity contribution in [3.05, 3.63) is 10.4 Å². The third kappa shape index (κ3) is 1.40. The zero-order chi connectivity index (χ0) is 7.56. The van der Waals surface area contributed by atoms with Crippen LogP contribution < -0.4 is 0 Å². The summed E-state index contributed by atoms with van der Waals surface area (Å²) >= 11 is 0. The predicted octanol–water partition coefficient (Wildman–Crippen LogP) is 1.46. The number of hydrogen-bond donors (Lipinski definition) is 1. The van der Waals surface area contributed by atoms with E-state index in [9.17, 15) is 5.11 Å². The largest absolute Gasteiger partial charge is 0.393 e. The highest BCUT2D eigenvalue weighted by atomic mass is 16.3. The number of azide groups is 1. The van der Waals surface area contributed by atoms with Crippen LogP contribution in [0.5, 0.6) is 0 Å². The van der Waals surface area contributed by atoms with Crippen LogP contribution >= 0.6 is 0 Å². The van der Waals surface area contributed by atoms with Crippen LogP contribution in [0.25, 0.3) is 10.4 Å². The Kier molecular flexibility index (Phi) is 2.14. The summed E-state index contributed by atoms with van der Waals surface area (Å²) in [4.78, 5) is 2.67. The van der Waals surface area contributed by atoms with Gasteiger partial charge < -0.3 is 5.11 Å². The van der Waals surface area contributed by atoms with Crippen molar-refractivity contribution in [2.75, 3.05) is 0 Å². The van der Waals surface area contributed by atoms with E-state index in [2.05, 4.69) is 16.9 Å². The van der Waals surface area contributed by atoms with Gasteiger partial charge in [0.05, 0.1) is 12.1 Å². The quantitative estimate of drug-likeness (QED) is 0.335. The third-order valence-electron chi connectivity index (χ3n) is 1.93. The minimum absolute atomic E-state index is 0.181. The van der Waals surface area contributed by atoms with E-state index in [0.29, 0.717) is 5.92 Å². The summed E-state index contributed by atoms with van der Waals surface area (Å²) in [5.74, 6) is 0.491. The van der Waals surface area contributed by atoms with Crippen LogP contribution in [-0.2, 0) is 0 Å². The second-order valence-electron chi connectivity index (χ2n) is 2.92. The molecule has 0 amide bonds. The van der Waals surface area contributed by atoms with Crippen LogP contribution in [0.2, 0.25) is 0 Å². The molecule has 0 radical (unpaired) electrons. The van der Waals surface area contributed by atoms with Crippen LogP contribution in [0, 0.1) is 5.92 Å². The Bertz CT molecular complexity index is 164. The third-order valence-corrected chi connectivity index (χ3v) is 1.93. The molecule has 1 aliphatic carbocycles. The molecular formula is C6H11N3O. The van der Waals surface area contributed by atoms with Crippen LogP contribution in [-0.4, -0.2) is 17.3 Å². The van der Waals surface area contributed by atoms with Crippen LogP contribution in [0.3, 0.4) is 0 Å². The van der Waals surface area contributed by atoms with Crippen molar-refractivity contribution < 1.29 is 5.11 Å². The van der Waals surface area contributed by atoms with Crippen LogP contribution in [0.15, 0.2) is 5.11 Å². The number of rotatable bonds is 1. The molecule has 10 heavy (non-hydrogen) atoms. The van der Waals surface area contributed by atoms with Crippen molar-refractivity contribution in [3.63, 3.8) is 0 Å². The molecule has 0 aromatic rings. The van der Waals surface area contributed by atoms with Crippen molar-refractivity contribution in [1.82, 2.24) is 0 Å². The molecule has 0 saturated heterocycles. The van der Waals surface area contributed by atoms with Gasteiger partial charge in [0.2, 0.25) is 0 Å². The van der Waals surface area contributed by atoms with Crippen LogP contribution in [0.4, 0.5) is 0 Å². The summed E-state index contributed by atoms with van der Waals surface area (Å²) in [6.07, 6.45) is 1.18. The Morgan fingerprint density at radius 1 is 1.60 bits per heavy atom. The lowest BCUT2D eigenvalue weighted by Crippen LogP contribution is -2.15. The smallest absolute Gasteiger partial charge is 0.0636 e. The standard InChI is InChI=1S/C6H11N3O/c1-4-2-5(8-9-7)6(10)3-4/h4-6,10H,2-3H2,1H3/t4?,5-,6-/m0/s1. The molecule has 0 aliphatic heterocycles. The molecule has 0 aromatic carbocycles.